The van der Waals surface area contributed by atoms with Crippen LogP contribution in [0.4, 0.5) is 5.69 Å². The molecule has 200 valence electrons. The first-order valence-corrected chi connectivity index (χ1v) is 13.9. The Morgan fingerprint density at radius 1 is 1.16 bits per heavy atom. The summed E-state index contributed by atoms with van der Waals surface area (Å²) in [5.41, 5.74) is 4.06. The van der Waals surface area contributed by atoms with Gasteiger partial charge in [0.05, 0.1) is 28.5 Å². The molecule has 1 aliphatic heterocycles. The molecule has 1 N–H and O–H groups in total. The van der Waals surface area contributed by atoms with Crippen LogP contribution in [-0.2, 0) is 9.53 Å². The van der Waals surface area contributed by atoms with Crippen molar-refractivity contribution in [1.82, 2.24) is 4.57 Å². The Balaban J connectivity index is 1.88. The number of carbonyl (C=O) groups is 1. The number of thiazole rings is 1. The number of nitrogens with zero attached hydrogens (tertiary/aromatic N) is 3. The normalized spacial score (nSPS) is 15.4. The fourth-order valence-corrected chi connectivity index (χ4v) is 5.79. The molecule has 0 bridgehead atoms. The lowest BCUT2D eigenvalue weighted by Gasteiger charge is -2.25. The highest BCUT2D eigenvalue weighted by Gasteiger charge is 2.33. The zero-order chi connectivity index (χ0) is 27.6. The van der Waals surface area contributed by atoms with Crippen LogP contribution in [0.15, 0.2) is 63.5 Å². The van der Waals surface area contributed by atoms with Crippen LogP contribution in [0, 0.1) is 0 Å². The summed E-state index contributed by atoms with van der Waals surface area (Å²) in [6, 6.07) is 12.8. The third kappa shape index (κ3) is 5.18. The lowest BCUT2D eigenvalue weighted by Crippen LogP contribution is -2.39. The van der Waals surface area contributed by atoms with Gasteiger partial charge in [0.25, 0.3) is 5.56 Å². The number of phenolic OH excluding ortho intramolecular Hbond substituents is 1. The number of benzene rings is 2. The summed E-state index contributed by atoms with van der Waals surface area (Å²) in [7, 11) is 0. The first kappa shape index (κ1) is 27.4. The molecule has 2 heterocycles. The molecule has 0 spiro atoms. The first-order chi connectivity index (χ1) is 18.2. The summed E-state index contributed by atoms with van der Waals surface area (Å²) >= 11 is 1.24. The Kier molecular flexibility index (Phi) is 8.21. The van der Waals surface area contributed by atoms with Crippen LogP contribution in [0.1, 0.15) is 70.2 Å². The second-order valence-electron chi connectivity index (χ2n) is 9.54. The Morgan fingerprint density at radius 2 is 1.84 bits per heavy atom. The third-order valence-electron chi connectivity index (χ3n) is 6.87. The fraction of sp³-hybridized carbons (Fsp3) is 0.367. The van der Waals surface area contributed by atoms with E-state index >= 15 is 0 Å². The smallest absolute Gasteiger partial charge is 0.338 e. The highest BCUT2D eigenvalue weighted by atomic mass is 32.1. The summed E-state index contributed by atoms with van der Waals surface area (Å²) in [6.45, 7) is 13.8. The average molecular weight is 534 g/mol. The Hall–Kier alpha value is -3.65. The van der Waals surface area contributed by atoms with Crippen molar-refractivity contribution in [1.29, 1.82) is 0 Å². The van der Waals surface area contributed by atoms with Crippen LogP contribution in [0.3, 0.4) is 0 Å². The predicted octanol–water partition coefficient (Wildman–Crippen LogP) is 4.47. The van der Waals surface area contributed by atoms with Crippen LogP contribution in [0.25, 0.3) is 6.08 Å². The number of phenols is 1. The summed E-state index contributed by atoms with van der Waals surface area (Å²) in [4.78, 5) is 34.1. The van der Waals surface area contributed by atoms with Crippen LogP contribution >= 0.6 is 11.3 Å². The van der Waals surface area contributed by atoms with E-state index in [9.17, 15) is 14.7 Å². The molecule has 4 rings (SSSR count). The van der Waals surface area contributed by atoms with Gasteiger partial charge in [-0.3, -0.25) is 9.36 Å². The number of esters is 1. The molecular weight excluding hydrogens is 498 g/mol. The monoisotopic (exact) mass is 533 g/mol. The topological polar surface area (TPSA) is 84.1 Å². The Labute approximate surface area is 227 Å². The van der Waals surface area contributed by atoms with E-state index in [2.05, 4.69) is 37.6 Å². The number of ether oxygens (including phenoxy) is 1. The standard InChI is InChI=1S/C30H35N3O4S/c1-7-32(8-2)23-15-14-22(24(34)17-23)16-25-28(35)33-27(21-12-10-20(11-13-21)18(4)5)26(29(36)37-9-3)19(6)31-30(33)38-25/h10-18,27,34H,7-9H2,1-6H3/b25-16-/t27-/m1/s1. The van der Waals surface area contributed by atoms with Crippen molar-refractivity contribution in [2.24, 2.45) is 4.99 Å². The van der Waals surface area contributed by atoms with Gasteiger partial charge in [-0.1, -0.05) is 49.4 Å². The number of hydrogen-bond donors (Lipinski definition) is 1. The number of fused-ring (bicyclic) bond motifs is 1. The van der Waals surface area contributed by atoms with Gasteiger partial charge < -0.3 is 14.7 Å². The molecule has 0 saturated heterocycles. The Morgan fingerprint density at radius 3 is 2.42 bits per heavy atom. The highest BCUT2D eigenvalue weighted by Crippen LogP contribution is 2.32. The number of hydrogen-bond acceptors (Lipinski definition) is 7. The molecule has 3 aromatic rings. The van der Waals surface area contributed by atoms with E-state index in [-0.39, 0.29) is 17.9 Å². The SMILES string of the molecule is CCOC(=O)C1=C(C)N=c2s/c(=C\c3ccc(N(CC)CC)cc3O)c(=O)n2[C@@H]1c1ccc(C(C)C)cc1. The lowest BCUT2D eigenvalue weighted by atomic mass is 9.93. The molecule has 2 aromatic carbocycles. The molecule has 0 amide bonds. The van der Waals surface area contributed by atoms with Gasteiger partial charge in [-0.15, -0.1) is 0 Å². The molecule has 38 heavy (non-hydrogen) atoms. The molecule has 0 radical (unpaired) electrons. The molecule has 0 fully saturated rings. The van der Waals surface area contributed by atoms with Crippen molar-refractivity contribution in [3.05, 3.63) is 90.1 Å². The number of carbonyl (C=O) groups excluding carboxylic acids is 1. The van der Waals surface area contributed by atoms with E-state index < -0.39 is 12.0 Å². The predicted molar refractivity (Wildman–Crippen MR) is 153 cm³/mol. The minimum absolute atomic E-state index is 0.101. The summed E-state index contributed by atoms with van der Waals surface area (Å²) in [6.07, 6.45) is 1.69. The summed E-state index contributed by atoms with van der Waals surface area (Å²) in [5.74, 6) is -0.0244. The maximum absolute atomic E-state index is 13.8. The zero-order valence-corrected chi connectivity index (χ0v) is 23.6. The van der Waals surface area contributed by atoms with Crippen LogP contribution in [0.5, 0.6) is 5.75 Å². The van der Waals surface area contributed by atoms with Crippen LogP contribution in [-0.4, -0.2) is 35.3 Å². The van der Waals surface area contributed by atoms with Gasteiger partial charge in [-0.25, -0.2) is 9.79 Å². The van der Waals surface area contributed by atoms with Crippen molar-refractivity contribution in [2.75, 3.05) is 24.6 Å². The summed E-state index contributed by atoms with van der Waals surface area (Å²) in [5, 5.41) is 10.7. The first-order valence-electron chi connectivity index (χ1n) is 13.1. The molecule has 1 atom stereocenters. The van der Waals surface area contributed by atoms with Crippen molar-refractivity contribution in [2.45, 2.75) is 53.5 Å². The van der Waals surface area contributed by atoms with E-state index in [0.717, 1.165) is 24.3 Å². The highest BCUT2D eigenvalue weighted by molar-refractivity contribution is 7.07. The van der Waals surface area contributed by atoms with Gasteiger partial charge in [0, 0.05) is 30.4 Å². The van der Waals surface area contributed by atoms with Gasteiger partial charge in [0.2, 0.25) is 0 Å². The Bertz CT molecular complexity index is 1540. The van der Waals surface area contributed by atoms with Gasteiger partial charge in [-0.2, -0.15) is 0 Å². The average Bonchev–Trinajstić information content (AvgIpc) is 3.19. The number of allylic oxidation sites excluding steroid dienone is 1. The maximum Gasteiger partial charge on any atom is 0.338 e. The lowest BCUT2D eigenvalue weighted by molar-refractivity contribution is -0.139. The largest absolute Gasteiger partial charge is 0.507 e. The van der Waals surface area contributed by atoms with Crippen molar-refractivity contribution >= 4 is 29.1 Å². The van der Waals surface area contributed by atoms with Crippen LogP contribution < -0.4 is 19.8 Å². The van der Waals surface area contributed by atoms with Gasteiger partial charge >= 0.3 is 5.97 Å². The van der Waals surface area contributed by atoms with Gasteiger partial charge in [0.15, 0.2) is 4.80 Å². The van der Waals surface area contributed by atoms with E-state index in [1.54, 1.807) is 30.6 Å². The maximum atomic E-state index is 13.8. The molecule has 0 unspecified atom stereocenters. The van der Waals surface area contributed by atoms with E-state index in [0.29, 0.717) is 32.1 Å². The van der Waals surface area contributed by atoms with Gasteiger partial charge in [-0.05, 0) is 62.9 Å². The second-order valence-corrected chi connectivity index (χ2v) is 10.5. The van der Waals surface area contributed by atoms with Crippen molar-refractivity contribution < 1.29 is 14.6 Å². The van der Waals surface area contributed by atoms with Crippen molar-refractivity contribution in [3.63, 3.8) is 0 Å². The molecular formula is C30H35N3O4S. The molecule has 7 nitrogen and oxygen atoms in total. The molecule has 1 aromatic heterocycles. The van der Waals surface area contributed by atoms with Crippen LogP contribution in [0.2, 0.25) is 0 Å². The quantitative estimate of drug-likeness (QED) is 0.432. The summed E-state index contributed by atoms with van der Waals surface area (Å²) < 4.78 is 7.37. The fourth-order valence-electron chi connectivity index (χ4n) is 4.75. The van der Waals surface area contributed by atoms with E-state index in [4.69, 9.17) is 4.74 Å². The second kappa shape index (κ2) is 11.4. The minimum atomic E-state index is -0.660. The van der Waals surface area contributed by atoms with E-state index in [1.807, 2.05) is 36.4 Å². The molecule has 8 heteroatoms. The van der Waals surface area contributed by atoms with Gasteiger partial charge in [0.1, 0.15) is 5.75 Å². The number of rotatable bonds is 8. The molecule has 1 aliphatic rings. The van der Waals surface area contributed by atoms with Crippen molar-refractivity contribution in [3.8, 4) is 5.75 Å². The number of anilines is 1. The number of aromatic hydroxyl groups is 1. The molecule has 0 saturated carbocycles. The van der Waals surface area contributed by atoms with E-state index in [1.165, 1.54) is 16.9 Å². The minimum Gasteiger partial charge on any atom is -0.507 e. The third-order valence-corrected chi connectivity index (χ3v) is 7.85. The number of aromatic nitrogens is 1. The zero-order valence-electron chi connectivity index (χ0n) is 22.8. The molecule has 0 aliphatic carbocycles.